The Morgan fingerprint density at radius 1 is 0.909 bits per heavy atom. The van der Waals surface area contributed by atoms with Crippen molar-refractivity contribution in [2.45, 2.75) is 36.1 Å². The van der Waals surface area contributed by atoms with Crippen LogP contribution >= 0.6 is 11.8 Å². The Kier molecular flexibility index (Phi) is 8.16. The number of hydrogen-bond acceptors (Lipinski definition) is 3. The molecule has 1 atom stereocenters. The Hall–Kier alpha value is -3.26. The van der Waals surface area contributed by atoms with Crippen LogP contribution in [0.5, 0.6) is 0 Å². The van der Waals surface area contributed by atoms with Gasteiger partial charge >= 0.3 is 6.18 Å². The van der Waals surface area contributed by atoms with Crippen molar-refractivity contribution < 1.29 is 22.8 Å². The first-order valence-corrected chi connectivity index (χ1v) is 11.2. The number of anilines is 2. The van der Waals surface area contributed by atoms with Crippen molar-refractivity contribution in [2.24, 2.45) is 0 Å². The lowest BCUT2D eigenvalue weighted by Gasteiger charge is -2.19. The normalized spacial score (nSPS) is 12.1. The zero-order valence-corrected chi connectivity index (χ0v) is 18.7. The molecule has 0 saturated heterocycles. The van der Waals surface area contributed by atoms with Gasteiger partial charge in [-0.3, -0.25) is 9.59 Å². The lowest BCUT2D eigenvalue weighted by Crippen LogP contribution is -2.21. The molecule has 0 aliphatic heterocycles. The van der Waals surface area contributed by atoms with Gasteiger partial charge in [0.1, 0.15) is 5.25 Å². The number of nitrogens with one attached hydrogen (secondary N) is 2. The van der Waals surface area contributed by atoms with Gasteiger partial charge in [0, 0.05) is 17.0 Å². The van der Waals surface area contributed by atoms with E-state index in [2.05, 4.69) is 10.6 Å². The van der Waals surface area contributed by atoms with Crippen molar-refractivity contribution >= 4 is 35.0 Å². The van der Waals surface area contributed by atoms with Gasteiger partial charge in [0.25, 0.3) is 0 Å². The molecule has 0 aliphatic carbocycles. The summed E-state index contributed by atoms with van der Waals surface area (Å²) in [6.45, 7) is 1.91. The number of benzene rings is 3. The maximum absolute atomic E-state index is 13.4. The minimum absolute atomic E-state index is 0.110. The predicted octanol–water partition coefficient (Wildman–Crippen LogP) is 6.92. The van der Waals surface area contributed by atoms with Crippen LogP contribution in [0.2, 0.25) is 0 Å². The van der Waals surface area contributed by atoms with Gasteiger partial charge in [0.2, 0.25) is 11.8 Å². The Bertz CT molecular complexity index is 1100. The molecule has 0 bridgehead atoms. The molecule has 172 valence electrons. The van der Waals surface area contributed by atoms with Crippen LogP contribution < -0.4 is 10.6 Å². The summed E-state index contributed by atoms with van der Waals surface area (Å²) >= 11 is 1.19. The van der Waals surface area contributed by atoms with Gasteiger partial charge in [-0.25, -0.2) is 0 Å². The monoisotopic (exact) mass is 472 g/mol. The molecule has 0 aliphatic rings. The number of amides is 2. The fourth-order valence-electron chi connectivity index (χ4n) is 3.17. The van der Waals surface area contributed by atoms with Crippen molar-refractivity contribution in [3.05, 3.63) is 90.0 Å². The topological polar surface area (TPSA) is 58.2 Å². The average molecular weight is 473 g/mol. The summed E-state index contributed by atoms with van der Waals surface area (Å²) in [4.78, 5) is 25.8. The average Bonchev–Trinajstić information content (AvgIpc) is 2.78. The van der Waals surface area contributed by atoms with Gasteiger partial charge in [-0.15, -0.1) is 11.8 Å². The van der Waals surface area contributed by atoms with Crippen LogP contribution in [0.1, 0.15) is 36.1 Å². The van der Waals surface area contributed by atoms with Crippen molar-refractivity contribution in [1.29, 1.82) is 0 Å². The van der Waals surface area contributed by atoms with E-state index in [9.17, 15) is 22.8 Å². The molecule has 0 spiro atoms. The highest BCUT2D eigenvalue weighted by atomic mass is 32.2. The van der Waals surface area contributed by atoms with Crippen LogP contribution in [0.15, 0.2) is 83.8 Å². The van der Waals surface area contributed by atoms with Crippen LogP contribution in [-0.2, 0) is 15.8 Å². The first-order valence-electron chi connectivity index (χ1n) is 10.4. The van der Waals surface area contributed by atoms with E-state index in [1.165, 1.54) is 30.0 Å². The Morgan fingerprint density at radius 3 is 2.30 bits per heavy atom. The summed E-state index contributed by atoms with van der Waals surface area (Å²) in [6, 6.07) is 20.7. The first kappa shape index (κ1) is 24.4. The molecule has 0 saturated carbocycles. The zero-order chi connectivity index (χ0) is 23.8. The fourth-order valence-corrected chi connectivity index (χ4v) is 4.26. The minimum atomic E-state index is -4.59. The van der Waals surface area contributed by atoms with Crippen molar-refractivity contribution in [2.75, 3.05) is 10.6 Å². The molecule has 8 heteroatoms. The second kappa shape index (κ2) is 11.0. The summed E-state index contributed by atoms with van der Waals surface area (Å²) in [5.41, 5.74) is 0.0332. The molecule has 0 aromatic heterocycles. The van der Waals surface area contributed by atoms with Crippen LogP contribution in [0, 0.1) is 0 Å². The van der Waals surface area contributed by atoms with E-state index in [1.54, 1.807) is 54.6 Å². The second-order valence-corrected chi connectivity index (χ2v) is 8.45. The Balaban J connectivity index is 1.87. The molecular formula is C25H23F3N2O2S. The lowest BCUT2D eigenvalue weighted by atomic mass is 10.1. The van der Waals surface area contributed by atoms with Gasteiger partial charge in [-0.1, -0.05) is 55.5 Å². The number of hydrogen-bond donors (Lipinski definition) is 2. The highest BCUT2D eigenvalue weighted by Crippen LogP contribution is 2.39. The number of alkyl halides is 3. The van der Waals surface area contributed by atoms with Gasteiger partial charge in [0.05, 0.1) is 11.3 Å². The van der Waals surface area contributed by atoms with E-state index in [0.29, 0.717) is 22.6 Å². The molecule has 2 amide bonds. The van der Waals surface area contributed by atoms with Gasteiger partial charge in [-0.05, 0) is 42.3 Å². The summed E-state index contributed by atoms with van der Waals surface area (Å²) in [5, 5.41) is 4.45. The molecule has 0 heterocycles. The third-order valence-electron chi connectivity index (χ3n) is 4.68. The number of para-hydroxylation sites is 1. The maximum Gasteiger partial charge on any atom is 0.418 e. The van der Waals surface area contributed by atoms with E-state index in [4.69, 9.17) is 0 Å². The molecule has 3 aromatic carbocycles. The Labute approximate surface area is 194 Å². The number of thioether (sulfide) groups is 1. The largest absolute Gasteiger partial charge is 0.418 e. The first-order chi connectivity index (χ1) is 15.8. The van der Waals surface area contributed by atoms with Crippen molar-refractivity contribution in [3.63, 3.8) is 0 Å². The van der Waals surface area contributed by atoms with Crippen LogP contribution in [0.4, 0.5) is 24.5 Å². The minimum Gasteiger partial charge on any atom is -0.326 e. The predicted molar refractivity (Wildman–Crippen MR) is 125 cm³/mol. The number of rotatable bonds is 8. The molecule has 0 radical (unpaired) electrons. The third-order valence-corrected chi connectivity index (χ3v) is 5.93. The number of halogens is 3. The summed E-state index contributed by atoms with van der Waals surface area (Å²) in [7, 11) is 0. The highest BCUT2D eigenvalue weighted by Gasteiger charge is 2.34. The van der Waals surface area contributed by atoms with E-state index >= 15 is 0 Å². The van der Waals surface area contributed by atoms with E-state index in [1.807, 2.05) is 6.92 Å². The quantitative estimate of drug-likeness (QED) is 0.350. The SMILES string of the molecule is CCCC(=O)Nc1cccc(SC(C(=O)Nc2ccccc2C(F)(F)F)c2ccccc2)c1. The molecule has 33 heavy (non-hydrogen) atoms. The molecule has 1 unspecified atom stereocenters. The van der Waals surface area contributed by atoms with E-state index in [-0.39, 0.29) is 11.6 Å². The molecule has 0 fully saturated rings. The summed E-state index contributed by atoms with van der Waals surface area (Å²) in [5.74, 6) is -0.691. The van der Waals surface area contributed by atoms with Crippen molar-refractivity contribution in [3.8, 4) is 0 Å². The Morgan fingerprint density at radius 2 is 1.61 bits per heavy atom. The summed E-state index contributed by atoms with van der Waals surface area (Å²) < 4.78 is 40.1. The smallest absolute Gasteiger partial charge is 0.326 e. The van der Waals surface area contributed by atoms with Gasteiger partial charge in [0.15, 0.2) is 0 Å². The molecule has 3 aromatic rings. The lowest BCUT2D eigenvalue weighted by molar-refractivity contribution is -0.137. The van der Waals surface area contributed by atoms with Crippen LogP contribution in [-0.4, -0.2) is 11.8 Å². The van der Waals surface area contributed by atoms with Crippen LogP contribution in [0.25, 0.3) is 0 Å². The van der Waals surface area contributed by atoms with Gasteiger partial charge in [-0.2, -0.15) is 13.2 Å². The number of carbonyl (C=O) groups is 2. The highest BCUT2D eigenvalue weighted by molar-refractivity contribution is 8.00. The van der Waals surface area contributed by atoms with Gasteiger partial charge < -0.3 is 10.6 Å². The van der Waals surface area contributed by atoms with E-state index in [0.717, 1.165) is 12.5 Å². The molecular weight excluding hydrogens is 449 g/mol. The summed E-state index contributed by atoms with van der Waals surface area (Å²) in [6.07, 6.45) is -3.48. The van der Waals surface area contributed by atoms with Crippen molar-refractivity contribution in [1.82, 2.24) is 0 Å². The molecule has 4 nitrogen and oxygen atoms in total. The zero-order valence-electron chi connectivity index (χ0n) is 17.9. The fraction of sp³-hybridized carbons (Fsp3) is 0.200. The standard InChI is InChI=1S/C25H23F3N2O2S/c1-2-9-22(31)29-18-12-8-13-19(16-18)33-23(17-10-4-3-5-11-17)24(32)30-21-15-7-6-14-20(21)25(26,27)28/h3-8,10-16,23H,2,9H2,1H3,(H,29,31)(H,30,32). The molecule has 3 rings (SSSR count). The van der Waals surface area contributed by atoms with Crippen LogP contribution in [0.3, 0.4) is 0 Å². The van der Waals surface area contributed by atoms with E-state index < -0.39 is 22.9 Å². The second-order valence-electron chi connectivity index (χ2n) is 7.27. The molecule has 2 N–H and O–H groups in total. The number of carbonyl (C=O) groups excluding carboxylic acids is 2. The maximum atomic E-state index is 13.4. The third kappa shape index (κ3) is 6.86.